The number of nitrogens with two attached hydrogens (primary N) is 1. The zero-order valence-corrected chi connectivity index (χ0v) is 10.4. The minimum absolute atomic E-state index is 0.110. The number of rotatable bonds is 3. The molecular formula is C14H19N3O. The Labute approximate surface area is 107 Å². The first-order chi connectivity index (χ1) is 8.69. The highest BCUT2D eigenvalue weighted by Crippen LogP contribution is 2.26. The van der Waals surface area contributed by atoms with Gasteiger partial charge < -0.3 is 16.2 Å². The number of benzene rings is 1. The highest BCUT2D eigenvalue weighted by molar-refractivity contribution is 5.68. The molecule has 0 radical (unpaired) electrons. The Bertz CT molecular complexity index is 445. The number of hydrogen-bond donors (Lipinski definition) is 3. The van der Waals surface area contributed by atoms with Crippen molar-refractivity contribution in [1.29, 1.82) is 5.26 Å². The number of nitrogens with one attached hydrogen (secondary N) is 1. The fourth-order valence-corrected chi connectivity index (χ4v) is 2.40. The molecule has 4 heteroatoms. The predicted molar refractivity (Wildman–Crippen MR) is 72.0 cm³/mol. The molecule has 1 aromatic carbocycles. The summed E-state index contributed by atoms with van der Waals surface area (Å²) in [6.45, 7) is 0.878. The molecule has 1 saturated carbocycles. The summed E-state index contributed by atoms with van der Waals surface area (Å²) in [7, 11) is 0. The van der Waals surface area contributed by atoms with Gasteiger partial charge in [-0.3, -0.25) is 0 Å². The van der Waals surface area contributed by atoms with Crippen molar-refractivity contribution in [1.82, 2.24) is 0 Å². The second-order valence-corrected chi connectivity index (χ2v) is 4.97. The van der Waals surface area contributed by atoms with Gasteiger partial charge in [0.15, 0.2) is 0 Å². The molecule has 0 saturated heterocycles. The number of aliphatic hydroxyl groups excluding tert-OH is 1. The normalized spacial score (nSPS) is 23.3. The van der Waals surface area contributed by atoms with Crippen molar-refractivity contribution in [3.8, 4) is 6.07 Å². The van der Waals surface area contributed by atoms with Crippen molar-refractivity contribution < 1.29 is 5.11 Å². The first-order valence-electron chi connectivity index (χ1n) is 6.40. The Morgan fingerprint density at radius 2 is 2.06 bits per heavy atom. The number of nitrogens with zero attached hydrogens (tertiary/aromatic N) is 1. The lowest BCUT2D eigenvalue weighted by Gasteiger charge is -2.26. The highest BCUT2D eigenvalue weighted by Gasteiger charge is 2.19. The smallest absolute Gasteiger partial charge is 0.0992 e. The van der Waals surface area contributed by atoms with Gasteiger partial charge in [0, 0.05) is 6.54 Å². The molecule has 0 unspecified atom stereocenters. The number of nitriles is 1. The first-order valence-corrected chi connectivity index (χ1v) is 6.40. The Hall–Kier alpha value is -1.73. The predicted octanol–water partition coefficient (Wildman–Crippen LogP) is 2.10. The quantitative estimate of drug-likeness (QED) is 0.712. The molecule has 2 rings (SSSR count). The maximum absolute atomic E-state index is 9.44. The van der Waals surface area contributed by atoms with Crippen LogP contribution in [0.15, 0.2) is 18.2 Å². The van der Waals surface area contributed by atoms with Gasteiger partial charge in [0.2, 0.25) is 0 Å². The van der Waals surface area contributed by atoms with E-state index in [4.69, 9.17) is 11.0 Å². The van der Waals surface area contributed by atoms with E-state index in [-0.39, 0.29) is 6.10 Å². The summed E-state index contributed by atoms with van der Waals surface area (Å²) in [5, 5.41) is 21.5. The van der Waals surface area contributed by atoms with E-state index >= 15 is 0 Å². The van der Waals surface area contributed by atoms with Crippen LogP contribution in [0.25, 0.3) is 0 Å². The Morgan fingerprint density at radius 3 is 2.67 bits per heavy atom. The molecule has 0 amide bonds. The first kappa shape index (κ1) is 12.7. The summed E-state index contributed by atoms with van der Waals surface area (Å²) in [5.41, 5.74) is 7.97. The van der Waals surface area contributed by atoms with Crippen molar-refractivity contribution in [3.63, 3.8) is 0 Å². The summed E-state index contributed by atoms with van der Waals surface area (Å²) < 4.78 is 0. The minimum atomic E-state index is -0.110. The fraction of sp³-hybridized carbons (Fsp3) is 0.500. The molecule has 1 aliphatic carbocycles. The average Bonchev–Trinajstić information content (AvgIpc) is 2.39. The van der Waals surface area contributed by atoms with Crippen LogP contribution in [0.5, 0.6) is 0 Å². The molecule has 0 spiro atoms. The topological polar surface area (TPSA) is 82.1 Å². The molecule has 1 aliphatic rings. The molecule has 96 valence electrons. The molecule has 4 N–H and O–H groups in total. The van der Waals surface area contributed by atoms with Crippen molar-refractivity contribution in [3.05, 3.63) is 23.8 Å². The third kappa shape index (κ3) is 3.14. The average molecular weight is 245 g/mol. The van der Waals surface area contributed by atoms with E-state index in [1.807, 2.05) is 6.07 Å². The van der Waals surface area contributed by atoms with Crippen LogP contribution in [-0.4, -0.2) is 17.8 Å². The van der Waals surface area contributed by atoms with Gasteiger partial charge in [0.25, 0.3) is 0 Å². The van der Waals surface area contributed by atoms with Gasteiger partial charge in [-0.05, 0) is 49.8 Å². The molecule has 0 aliphatic heterocycles. The standard InChI is InChI=1S/C14H19N3O/c15-8-11-3-6-14(13(16)7-11)17-9-10-1-4-12(18)5-2-10/h3,6-7,10,12,17-18H,1-2,4-5,9,16H2. The highest BCUT2D eigenvalue weighted by atomic mass is 16.3. The molecule has 18 heavy (non-hydrogen) atoms. The molecule has 0 heterocycles. The monoisotopic (exact) mass is 245 g/mol. The van der Waals surface area contributed by atoms with E-state index in [2.05, 4.69) is 11.4 Å². The summed E-state index contributed by atoms with van der Waals surface area (Å²) in [4.78, 5) is 0. The van der Waals surface area contributed by atoms with Crippen molar-refractivity contribution >= 4 is 11.4 Å². The lowest BCUT2D eigenvalue weighted by molar-refractivity contribution is 0.111. The number of hydrogen-bond acceptors (Lipinski definition) is 4. The van der Waals surface area contributed by atoms with Gasteiger partial charge in [-0.25, -0.2) is 0 Å². The summed E-state index contributed by atoms with van der Waals surface area (Å²) in [5.74, 6) is 0.600. The van der Waals surface area contributed by atoms with Crippen LogP contribution >= 0.6 is 0 Å². The fourth-order valence-electron chi connectivity index (χ4n) is 2.40. The van der Waals surface area contributed by atoms with Crippen LogP contribution in [0, 0.1) is 17.2 Å². The third-order valence-corrected chi connectivity index (χ3v) is 3.58. The Kier molecular flexibility index (Phi) is 4.06. The lowest BCUT2D eigenvalue weighted by atomic mass is 9.87. The van der Waals surface area contributed by atoms with Crippen LogP contribution < -0.4 is 11.1 Å². The summed E-state index contributed by atoms with van der Waals surface area (Å²) >= 11 is 0. The van der Waals surface area contributed by atoms with Gasteiger partial charge in [-0.15, -0.1) is 0 Å². The maximum Gasteiger partial charge on any atom is 0.0992 e. The number of nitrogen functional groups attached to an aromatic ring is 1. The van der Waals surface area contributed by atoms with Crippen molar-refractivity contribution in [2.24, 2.45) is 5.92 Å². The summed E-state index contributed by atoms with van der Waals surface area (Å²) in [6.07, 6.45) is 3.81. The van der Waals surface area contributed by atoms with Gasteiger partial charge in [0.1, 0.15) is 0 Å². The number of anilines is 2. The van der Waals surface area contributed by atoms with Gasteiger partial charge >= 0.3 is 0 Å². The van der Waals surface area contributed by atoms with E-state index in [0.29, 0.717) is 17.2 Å². The van der Waals surface area contributed by atoms with E-state index < -0.39 is 0 Å². The van der Waals surface area contributed by atoms with Crippen LogP contribution in [-0.2, 0) is 0 Å². The van der Waals surface area contributed by atoms with Crippen LogP contribution in [0.3, 0.4) is 0 Å². The SMILES string of the molecule is N#Cc1ccc(NCC2CCC(O)CC2)c(N)c1. The van der Waals surface area contributed by atoms with Crippen molar-refractivity contribution in [2.45, 2.75) is 31.8 Å². The molecule has 1 fully saturated rings. The van der Waals surface area contributed by atoms with E-state index in [0.717, 1.165) is 37.9 Å². The molecule has 4 nitrogen and oxygen atoms in total. The lowest BCUT2D eigenvalue weighted by Crippen LogP contribution is -2.23. The summed E-state index contributed by atoms with van der Waals surface area (Å²) in [6, 6.07) is 7.38. The second-order valence-electron chi connectivity index (χ2n) is 4.97. The zero-order chi connectivity index (χ0) is 13.0. The number of aliphatic hydroxyl groups is 1. The van der Waals surface area contributed by atoms with Gasteiger partial charge in [0.05, 0.1) is 29.1 Å². The molecule has 0 atom stereocenters. The van der Waals surface area contributed by atoms with Crippen LogP contribution in [0.4, 0.5) is 11.4 Å². The largest absolute Gasteiger partial charge is 0.397 e. The second kappa shape index (κ2) is 5.74. The third-order valence-electron chi connectivity index (χ3n) is 3.58. The van der Waals surface area contributed by atoms with E-state index in [1.54, 1.807) is 12.1 Å². The molecule has 0 aromatic heterocycles. The van der Waals surface area contributed by atoms with Crippen molar-refractivity contribution in [2.75, 3.05) is 17.6 Å². The van der Waals surface area contributed by atoms with E-state index in [9.17, 15) is 5.11 Å². The van der Waals surface area contributed by atoms with Crippen LogP contribution in [0.2, 0.25) is 0 Å². The molecular weight excluding hydrogens is 226 g/mol. The maximum atomic E-state index is 9.44. The Morgan fingerprint density at radius 1 is 1.33 bits per heavy atom. The van der Waals surface area contributed by atoms with E-state index in [1.165, 1.54) is 0 Å². The Balaban J connectivity index is 1.89. The molecule has 0 bridgehead atoms. The molecule has 1 aromatic rings. The zero-order valence-electron chi connectivity index (χ0n) is 10.4. The van der Waals surface area contributed by atoms with Gasteiger partial charge in [-0.2, -0.15) is 5.26 Å². The van der Waals surface area contributed by atoms with Gasteiger partial charge in [-0.1, -0.05) is 0 Å². The van der Waals surface area contributed by atoms with Crippen LogP contribution in [0.1, 0.15) is 31.2 Å². The minimum Gasteiger partial charge on any atom is -0.397 e.